The summed E-state index contributed by atoms with van der Waals surface area (Å²) in [6.07, 6.45) is 0.975. The second-order valence-electron chi connectivity index (χ2n) is 7.40. The van der Waals surface area contributed by atoms with Crippen LogP contribution in [0.25, 0.3) is 22.2 Å². The SMILES string of the molecule is CCc1ccc(NC(=O)c2cc(-c3ccc(C)cc3C)nc3ccccc23)cc1. The van der Waals surface area contributed by atoms with E-state index >= 15 is 0 Å². The second-order valence-corrected chi connectivity index (χ2v) is 7.40. The van der Waals surface area contributed by atoms with Gasteiger partial charge in [0.25, 0.3) is 5.91 Å². The van der Waals surface area contributed by atoms with Gasteiger partial charge in [-0.25, -0.2) is 4.98 Å². The van der Waals surface area contributed by atoms with Crippen molar-refractivity contribution in [1.82, 2.24) is 4.98 Å². The van der Waals surface area contributed by atoms with Gasteiger partial charge in [0.2, 0.25) is 0 Å². The standard InChI is InChI=1S/C26H24N2O/c1-4-19-10-12-20(13-11-19)27-26(29)23-16-25(21-14-9-17(2)15-18(21)3)28-24-8-6-5-7-22(23)24/h5-16H,4H2,1-3H3,(H,27,29). The number of fused-ring (bicyclic) bond motifs is 1. The number of anilines is 1. The molecule has 0 unspecified atom stereocenters. The van der Waals surface area contributed by atoms with Gasteiger partial charge in [0.1, 0.15) is 0 Å². The Morgan fingerprint density at radius 3 is 2.41 bits per heavy atom. The molecule has 0 saturated carbocycles. The van der Waals surface area contributed by atoms with Crippen molar-refractivity contribution in [2.45, 2.75) is 27.2 Å². The lowest BCUT2D eigenvalue weighted by Gasteiger charge is -2.12. The smallest absolute Gasteiger partial charge is 0.256 e. The van der Waals surface area contributed by atoms with Gasteiger partial charge in [0.15, 0.2) is 0 Å². The van der Waals surface area contributed by atoms with Crippen LogP contribution in [0.3, 0.4) is 0 Å². The van der Waals surface area contributed by atoms with Crippen LogP contribution in [0.5, 0.6) is 0 Å². The van der Waals surface area contributed by atoms with Crippen LogP contribution in [0, 0.1) is 13.8 Å². The first-order valence-corrected chi connectivity index (χ1v) is 9.93. The zero-order chi connectivity index (χ0) is 20.4. The number of amides is 1. The van der Waals surface area contributed by atoms with Gasteiger partial charge in [0, 0.05) is 16.6 Å². The van der Waals surface area contributed by atoms with Gasteiger partial charge in [0.05, 0.1) is 16.8 Å². The van der Waals surface area contributed by atoms with E-state index in [1.54, 1.807) is 0 Å². The van der Waals surface area contributed by atoms with Crippen LogP contribution < -0.4 is 5.32 Å². The third-order valence-electron chi connectivity index (χ3n) is 5.24. The number of rotatable bonds is 4. The molecule has 1 heterocycles. The van der Waals surface area contributed by atoms with Crippen molar-refractivity contribution in [3.05, 3.63) is 95.1 Å². The van der Waals surface area contributed by atoms with Crippen LogP contribution in [-0.4, -0.2) is 10.9 Å². The summed E-state index contributed by atoms with van der Waals surface area (Å²) in [5.74, 6) is -0.126. The molecule has 0 spiro atoms. The predicted molar refractivity (Wildman–Crippen MR) is 120 cm³/mol. The molecule has 4 aromatic rings. The zero-order valence-electron chi connectivity index (χ0n) is 17.0. The van der Waals surface area contributed by atoms with Gasteiger partial charge in [-0.1, -0.05) is 61.0 Å². The Balaban J connectivity index is 1.78. The van der Waals surface area contributed by atoms with Crippen LogP contribution in [0.4, 0.5) is 5.69 Å². The Labute approximate surface area is 171 Å². The molecule has 29 heavy (non-hydrogen) atoms. The van der Waals surface area contributed by atoms with E-state index < -0.39 is 0 Å². The predicted octanol–water partition coefficient (Wildman–Crippen LogP) is 6.33. The Morgan fingerprint density at radius 2 is 1.69 bits per heavy atom. The first-order chi connectivity index (χ1) is 14.0. The molecule has 0 saturated heterocycles. The van der Waals surface area contributed by atoms with E-state index in [0.717, 1.165) is 39.8 Å². The number of nitrogens with zero attached hydrogens (tertiary/aromatic N) is 1. The van der Waals surface area contributed by atoms with Crippen LogP contribution in [0.2, 0.25) is 0 Å². The number of para-hydroxylation sites is 1. The molecule has 1 amide bonds. The zero-order valence-corrected chi connectivity index (χ0v) is 17.0. The molecule has 3 aromatic carbocycles. The molecule has 3 heteroatoms. The molecule has 0 radical (unpaired) electrons. The lowest BCUT2D eigenvalue weighted by molar-refractivity contribution is 0.102. The normalized spacial score (nSPS) is 10.9. The van der Waals surface area contributed by atoms with Gasteiger partial charge < -0.3 is 5.32 Å². The fraction of sp³-hybridized carbons (Fsp3) is 0.154. The summed E-state index contributed by atoms with van der Waals surface area (Å²) in [4.78, 5) is 18.0. The van der Waals surface area contributed by atoms with Crippen molar-refractivity contribution in [2.75, 3.05) is 5.32 Å². The summed E-state index contributed by atoms with van der Waals surface area (Å²) < 4.78 is 0. The lowest BCUT2D eigenvalue weighted by atomic mass is 9.99. The van der Waals surface area contributed by atoms with E-state index in [1.807, 2.05) is 54.6 Å². The molecule has 4 rings (SSSR count). The minimum absolute atomic E-state index is 0.126. The van der Waals surface area contributed by atoms with Gasteiger partial charge in [-0.3, -0.25) is 4.79 Å². The minimum atomic E-state index is -0.126. The molecule has 144 valence electrons. The molecule has 0 fully saturated rings. The number of hydrogen-bond acceptors (Lipinski definition) is 2. The first kappa shape index (κ1) is 18.9. The molecule has 3 nitrogen and oxygen atoms in total. The summed E-state index contributed by atoms with van der Waals surface area (Å²) in [7, 11) is 0. The highest BCUT2D eigenvalue weighted by atomic mass is 16.1. The summed E-state index contributed by atoms with van der Waals surface area (Å²) >= 11 is 0. The number of nitrogens with one attached hydrogen (secondary N) is 1. The molecule has 0 atom stereocenters. The number of benzene rings is 3. The van der Waals surface area contributed by atoms with Crippen molar-refractivity contribution >= 4 is 22.5 Å². The maximum Gasteiger partial charge on any atom is 0.256 e. The fourth-order valence-electron chi connectivity index (χ4n) is 3.62. The van der Waals surface area contributed by atoms with Crippen molar-refractivity contribution in [3.8, 4) is 11.3 Å². The topological polar surface area (TPSA) is 42.0 Å². The summed E-state index contributed by atoms with van der Waals surface area (Å²) in [6.45, 7) is 6.27. The molecule has 1 aromatic heterocycles. The number of carbonyl (C=O) groups is 1. The maximum absolute atomic E-state index is 13.2. The fourth-order valence-corrected chi connectivity index (χ4v) is 3.62. The Hall–Kier alpha value is -3.46. The van der Waals surface area contributed by atoms with E-state index in [1.165, 1.54) is 11.1 Å². The minimum Gasteiger partial charge on any atom is -0.322 e. The monoisotopic (exact) mass is 380 g/mol. The quantitative estimate of drug-likeness (QED) is 0.449. The molecule has 0 aliphatic rings. The molecule has 1 N–H and O–H groups in total. The maximum atomic E-state index is 13.2. The van der Waals surface area contributed by atoms with Crippen LogP contribution in [-0.2, 0) is 6.42 Å². The highest BCUT2D eigenvalue weighted by molar-refractivity contribution is 6.13. The third-order valence-corrected chi connectivity index (χ3v) is 5.24. The lowest BCUT2D eigenvalue weighted by Crippen LogP contribution is -2.13. The van der Waals surface area contributed by atoms with E-state index in [2.05, 4.69) is 44.3 Å². The van der Waals surface area contributed by atoms with Gasteiger partial charge in [-0.2, -0.15) is 0 Å². The number of aryl methyl sites for hydroxylation is 3. The number of hydrogen-bond donors (Lipinski definition) is 1. The van der Waals surface area contributed by atoms with Crippen LogP contribution in [0.1, 0.15) is 34.0 Å². The number of carbonyl (C=O) groups excluding carboxylic acids is 1. The summed E-state index contributed by atoms with van der Waals surface area (Å²) in [5, 5.41) is 3.89. The first-order valence-electron chi connectivity index (χ1n) is 9.93. The number of pyridine rings is 1. The van der Waals surface area contributed by atoms with Crippen LogP contribution in [0.15, 0.2) is 72.8 Å². The Kier molecular flexibility index (Phi) is 5.13. The number of aromatic nitrogens is 1. The highest BCUT2D eigenvalue weighted by Crippen LogP contribution is 2.28. The Bertz CT molecular complexity index is 1190. The third kappa shape index (κ3) is 3.90. The van der Waals surface area contributed by atoms with E-state index in [9.17, 15) is 4.79 Å². The second kappa shape index (κ2) is 7.88. The van der Waals surface area contributed by atoms with Gasteiger partial charge in [-0.15, -0.1) is 0 Å². The molecule has 0 aliphatic carbocycles. The summed E-state index contributed by atoms with van der Waals surface area (Å²) in [5.41, 5.74) is 7.70. The molecule has 0 bridgehead atoms. The van der Waals surface area contributed by atoms with Crippen molar-refractivity contribution in [1.29, 1.82) is 0 Å². The molecular formula is C26H24N2O. The average molecular weight is 380 g/mol. The van der Waals surface area contributed by atoms with E-state index in [-0.39, 0.29) is 5.91 Å². The van der Waals surface area contributed by atoms with E-state index in [4.69, 9.17) is 4.98 Å². The van der Waals surface area contributed by atoms with Crippen LogP contribution >= 0.6 is 0 Å². The van der Waals surface area contributed by atoms with Gasteiger partial charge in [-0.05, 0) is 55.7 Å². The Morgan fingerprint density at radius 1 is 0.931 bits per heavy atom. The largest absolute Gasteiger partial charge is 0.322 e. The average Bonchev–Trinajstić information content (AvgIpc) is 2.73. The summed E-state index contributed by atoms with van der Waals surface area (Å²) in [6, 6.07) is 24.0. The van der Waals surface area contributed by atoms with Crippen molar-refractivity contribution in [2.24, 2.45) is 0 Å². The highest BCUT2D eigenvalue weighted by Gasteiger charge is 2.15. The van der Waals surface area contributed by atoms with Gasteiger partial charge >= 0.3 is 0 Å². The van der Waals surface area contributed by atoms with E-state index in [0.29, 0.717) is 5.56 Å². The van der Waals surface area contributed by atoms with Crippen molar-refractivity contribution < 1.29 is 4.79 Å². The molecular weight excluding hydrogens is 356 g/mol. The molecule has 0 aliphatic heterocycles. The van der Waals surface area contributed by atoms with Crippen molar-refractivity contribution in [3.63, 3.8) is 0 Å².